The summed E-state index contributed by atoms with van der Waals surface area (Å²) < 4.78 is 0. The smallest absolute Gasteiger partial charge is 0.116 e. The van der Waals surface area contributed by atoms with Crippen molar-refractivity contribution < 1.29 is 10.2 Å². The highest BCUT2D eigenvalue weighted by Crippen LogP contribution is 2.18. The maximum atomic E-state index is 9.49. The van der Waals surface area contributed by atoms with E-state index in [0.29, 0.717) is 0 Å². The standard InChI is InChI=1S/C14H18O2/c1-11(6-5-9-14(2,3)16)12-7-4-8-13(15)10-12/h4-10,15-16H,1-3H3. The molecular weight excluding hydrogens is 200 g/mol. The molecular formula is C14H18O2. The molecule has 1 aromatic carbocycles. The molecule has 0 radical (unpaired) electrons. The van der Waals surface area contributed by atoms with Gasteiger partial charge in [0.1, 0.15) is 5.75 Å². The summed E-state index contributed by atoms with van der Waals surface area (Å²) in [6.45, 7) is 5.41. The summed E-state index contributed by atoms with van der Waals surface area (Å²) in [6.07, 6.45) is 5.45. The summed E-state index contributed by atoms with van der Waals surface area (Å²) in [5.41, 5.74) is 1.21. The molecule has 2 nitrogen and oxygen atoms in total. The molecule has 0 atom stereocenters. The Morgan fingerprint density at radius 1 is 1.31 bits per heavy atom. The van der Waals surface area contributed by atoms with E-state index in [2.05, 4.69) is 0 Å². The third-order valence-electron chi connectivity index (χ3n) is 2.15. The minimum absolute atomic E-state index is 0.261. The fraction of sp³-hybridized carbons (Fsp3) is 0.286. The van der Waals surface area contributed by atoms with Crippen LogP contribution in [0.5, 0.6) is 5.75 Å². The highest BCUT2D eigenvalue weighted by molar-refractivity contribution is 5.66. The molecule has 0 saturated carbocycles. The van der Waals surface area contributed by atoms with Gasteiger partial charge >= 0.3 is 0 Å². The molecule has 86 valence electrons. The van der Waals surface area contributed by atoms with Gasteiger partial charge in [0.15, 0.2) is 0 Å². The Labute approximate surface area is 96.6 Å². The van der Waals surface area contributed by atoms with Crippen molar-refractivity contribution >= 4 is 5.57 Å². The first kappa shape index (κ1) is 12.5. The van der Waals surface area contributed by atoms with Gasteiger partial charge in [0.2, 0.25) is 0 Å². The van der Waals surface area contributed by atoms with Crippen LogP contribution < -0.4 is 0 Å². The number of phenolic OH excluding ortho intramolecular Hbond substituents is 1. The van der Waals surface area contributed by atoms with E-state index in [4.69, 9.17) is 0 Å². The van der Waals surface area contributed by atoms with Crippen molar-refractivity contribution in [3.8, 4) is 5.75 Å². The van der Waals surface area contributed by atoms with E-state index in [-0.39, 0.29) is 5.75 Å². The fourth-order valence-corrected chi connectivity index (χ4v) is 1.28. The van der Waals surface area contributed by atoms with Gasteiger partial charge < -0.3 is 10.2 Å². The summed E-state index contributed by atoms with van der Waals surface area (Å²) >= 11 is 0. The summed E-state index contributed by atoms with van der Waals surface area (Å²) in [5, 5.41) is 18.8. The number of aliphatic hydroxyl groups is 1. The number of hydrogen-bond acceptors (Lipinski definition) is 2. The van der Waals surface area contributed by atoms with Gasteiger partial charge in [-0.15, -0.1) is 0 Å². The average molecular weight is 218 g/mol. The minimum atomic E-state index is -0.796. The van der Waals surface area contributed by atoms with Crippen LogP contribution in [0.15, 0.2) is 42.5 Å². The first-order valence-corrected chi connectivity index (χ1v) is 5.26. The van der Waals surface area contributed by atoms with Gasteiger partial charge in [0.25, 0.3) is 0 Å². The normalized spacial score (nSPS) is 13.4. The molecule has 2 heteroatoms. The van der Waals surface area contributed by atoms with E-state index < -0.39 is 5.60 Å². The quantitative estimate of drug-likeness (QED) is 0.765. The van der Waals surface area contributed by atoms with Gasteiger partial charge in [-0.25, -0.2) is 0 Å². The summed E-state index contributed by atoms with van der Waals surface area (Å²) in [5.74, 6) is 0.261. The summed E-state index contributed by atoms with van der Waals surface area (Å²) in [7, 11) is 0. The van der Waals surface area contributed by atoms with Crippen LogP contribution in [0.25, 0.3) is 5.57 Å². The Morgan fingerprint density at radius 2 is 2.00 bits per heavy atom. The predicted molar refractivity (Wildman–Crippen MR) is 67.2 cm³/mol. The maximum absolute atomic E-state index is 9.49. The maximum Gasteiger partial charge on any atom is 0.116 e. The molecule has 0 amide bonds. The molecule has 0 aliphatic rings. The molecule has 0 saturated heterocycles. The van der Waals surface area contributed by atoms with E-state index >= 15 is 0 Å². The van der Waals surface area contributed by atoms with Crippen molar-refractivity contribution in [2.24, 2.45) is 0 Å². The molecule has 0 aromatic heterocycles. The zero-order valence-electron chi connectivity index (χ0n) is 9.94. The lowest BCUT2D eigenvalue weighted by molar-refractivity contribution is 0.133. The first-order valence-electron chi connectivity index (χ1n) is 5.26. The molecule has 2 N–H and O–H groups in total. The zero-order valence-corrected chi connectivity index (χ0v) is 9.94. The van der Waals surface area contributed by atoms with E-state index in [1.807, 2.05) is 31.2 Å². The fourth-order valence-electron chi connectivity index (χ4n) is 1.28. The molecule has 0 bridgehead atoms. The molecule has 0 unspecified atom stereocenters. The van der Waals surface area contributed by atoms with Crippen molar-refractivity contribution in [1.82, 2.24) is 0 Å². The first-order chi connectivity index (χ1) is 7.38. The van der Waals surface area contributed by atoms with Crippen molar-refractivity contribution in [2.75, 3.05) is 0 Å². The molecule has 16 heavy (non-hydrogen) atoms. The van der Waals surface area contributed by atoms with Gasteiger partial charge in [-0.2, -0.15) is 0 Å². The van der Waals surface area contributed by atoms with Crippen molar-refractivity contribution in [1.29, 1.82) is 0 Å². The number of rotatable bonds is 3. The second-order valence-electron chi connectivity index (χ2n) is 4.41. The van der Waals surface area contributed by atoms with Crippen LogP contribution >= 0.6 is 0 Å². The third kappa shape index (κ3) is 4.32. The van der Waals surface area contributed by atoms with Crippen molar-refractivity contribution in [3.05, 3.63) is 48.1 Å². The summed E-state index contributed by atoms with van der Waals surface area (Å²) in [4.78, 5) is 0. The largest absolute Gasteiger partial charge is 0.508 e. The highest BCUT2D eigenvalue weighted by atomic mass is 16.3. The second-order valence-corrected chi connectivity index (χ2v) is 4.41. The Kier molecular flexibility index (Phi) is 3.91. The average Bonchev–Trinajstić information content (AvgIpc) is 2.15. The minimum Gasteiger partial charge on any atom is -0.508 e. The van der Waals surface area contributed by atoms with Gasteiger partial charge in [-0.1, -0.05) is 30.4 Å². The SMILES string of the molecule is CC(=CC=CC(C)(C)O)c1cccc(O)c1. The van der Waals surface area contributed by atoms with Crippen LogP contribution in [0.2, 0.25) is 0 Å². The lowest BCUT2D eigenvalue weighted by Gasteiger charge is -2.09. The van der Waals surface area contributed by atoms with E-state index in [9.17, 15) is 10.2 Å². The van der Waals surface area contributed by atoms with E-state index in [0.717, 1.165) is 11.1 Å². The van der Waals surface area contributed by atoms with Crippen LogP contribution in [0.3, 0.4) is 0 Å². The number of hydrogen-bond donors (Lipinski definition) is 2. The Morgan fingerprint density at radius 3 is 2.56 bits per heavy atom. The van der Waals surface area contributed by atoms with Crippen LogP contribution in [0, 0.1) is 0 Å². The topological polar surface area (TPSA) is 40.5 Å². The Hall–Kier alpha value is -1.54. The van der Waals surface area contributed by atoms with Crippen molar-refractivity contribution in [2.45, 2.75) is 26.4 Å². The predicted octanol–water partition coefficient (Wildman–Crippen LogP) is 3.12. The molecule has 0 aliphatic heterocycles. The van der Waals surface area contributed by atoms with Gasteiger partial charge in [-0.05, 0) is 44.0 Å². The van der Waals surface area contributed by atoms with Crippen molar-refractivity contribution in [3.63, 3.8) is 0 Å². The lowest BCUT2D eigenvalue weighted by Crippen LogP contribution is -2.13. The number of benzene rings is 1. The molecule has 0 fully saturated rings. The monoisotopic (exact) mass is 218 g/mol. The van der Waals surface area contributed by atoms with Gasteiger partial charge in [0, 0.05) is 0 Å². The third-order valence-corrected chi connectivity index (χ3v) is 2.15. The molecule has 1 rings (SSSR count). The molecule has 1 aromatic rings. The van der Waals surface area contributed by atoms with Crippen LogP contribution in [0.4, 0.5) is 0 Å². The molecule has 0 aliphatic carbocycles. The number of aromatic hydroxyl groups is 1. The Balaban J connectivity index is 2.82. The van der Waals surface area contributed by atoms with Crippen LogP contribution in [-0.2, 0) is 0 Å². The second kappa shape index (κ2) is 4.99. The van der Waals surface area contributed by atoms with Crippen LogP contribution in [0.1, 0.15) is 26.3 Å². The molecule has 0 spiro atoms. The highest BCUT2D eigenvalue weighted by Gasteiger charge is 2.04. The number of allylic oxidation sites excluding steroid dienone is 3. The molecule has 0 heterocycles. The van der Waals surface area contributed by atoms with Gasteiger partial charge in [-0.3, -0.25) is 0 Å². The van der Waals surface area contributed by atoms with Crippen LogP contribution in [-0.4, -0.2) is 15.8 Å². The zero-order chi connectivity index (χ0) is 12.2. The Bertz CT molecular complexity index is 409. The van der Waals surface area contributed by atoms with E-state index in [1.165, 1.54) is 0 Å². The van der Waals surface area contributed by atoms with E-state index in [1.54, 1.807) is 32.1 Å². The number of phenols is 1. The summed E-state index contributed by atoms with van der Waals surface area (Å²) in [6, 6.07) is 7.10. The lowest BCUT2D eigenvalue weighted by atomic mass is 10.1. The van der Waals surface area contributed by atoms with Gasteiger partial charge in [0.05, 0.1) is 5.60 Å².